The van der Waals surface area contributed by atoms with Crippen LogP contribution >= 0.6 is 0 Å². The van der Waals surface area contributed by atoms with Gasteiger partial charge in [0.25, 0.3) is 0 Å². The molecular formula is C22H26N4O2. The first-order valence-corrected chi connectivity index (χ1v) is 9.82. The van der Waals surface area contributed by atoms with Crippen molar-refractivity contribution in [2.45, 2.75) is 45.4 Å². The number of carbonyl (C=O) groups excluding carboxylic acids is 1. The Morgan fingerprint density at radius 3 is 2.71 bits per heavy atom. The summed E-state index contributed by atoms with van der Waals surface area (Å²) >= 11 is 0. The number of aromatic nitrogens is 3. The van der Waals surface area contributed by atoms with Gasteiger partial charge in [-0.05, 0) is 44.0 Å². The smallest absolute Gasteiger partial charge is 0.237 e. The minimum Gasteiger partial charge on any atom is -0.481 e. The lowest BCUT2D eigenvalue weighted by molar-refractivity contribution is -0.122. The van der Waals surface area contributed by atoms with E-state index in [-0.39, 0.29) is 5.91 Å². The van der Waals surface area contributed by atoms with Gasteiger partial charge in [0.2, 0.25) is 11.8 Å². The molecule has 0 fully saturated rings. The molecule has 1 aromatic carbocycles. The number of methoxy groups -OCH3 is 1. The fourth-order valence-electron chi connectivity index (χ4n) is 3.85. The van der Waals surface area contributed by atoms with Crippen LogP contribution in [0.2, 0.25) is 0 Å². The number of unbranched alkanes of at least 4 members (excludes halogenated alkanes) is 2. The summed E-state index contributed by atoms with van der Waals surface area (Å²) in [7, 11) is 1.60. The first kappa shape index (κ1) is 18.5. The second kappa shape index (κ2) is 6.93. The summed E-state index contributed by atoms with van der Waals surface area (Å²) in [5, 5.41) is 0. The van der Waals surface area contributed by atoms with Gasteiger partial charge in [-0.2, -0.15) is 0 Å². The lowest BCUT2D eigenvalue weighted by atomic mass is 9.86. The van der Waals surface area contributed by atoms with Crippen LogP contribution in [0.25, 0.3) is 22.4 Å². The van der Waals surface area contributed by atoms with E-state index in [0.717, 1.165) is 59.5 Å². The second-order valence-electron chi connectivity index (χ2n) is 7.85. The molecule has 1 aliphatic rings. The van der Waals surface area contributed by atoms with Gasteiger partial charge in [0.05, 0.1) is 29.2 Å². The molecular weight excluding hydrogens is 352 g/mol. The molecule has 6 nitrogen and oxygen atoms in total. The van der Waals surface area contributed by atoms with Crippen molar-refractivity contribution in [1.82, 2.24) is 15.0 Å². The topological polar surface area (TPSA) is 71.1 Å². The van der Waals surface area contributed by atoms with E-state index in [0.29, 0.717) is 5.88 Å². The van der Waals surface area contributed by atoms with E-state index in [1.54, 1.807) is 13.3 Å². The highest BCUT2D eigenvalue weighted by atomic mass is 16.5. The minimum atomic E-state index is -0.525. The minimum absolute atomic E-state index is 0.172. The molecule has 0 saturated heterocycles. The maximum absolute atomic E-state index is 13.0. The van der Waals surface area contributed by atoms with Gasteiger partial charge in [-0.3, -0.25) is 4.79 Å². The van der Waals surface area contributed by atoms with Crippen molar-refractivity contribution in [2.24, 2.45) is 0 Å². The number of H-pyrrole nitrogens is 1. The molecule has 3 aromatic rings. The predicted octanol–water partition coefficient (Wildman–Crippen LogP) is 4.45. The zero-order valence-corrected chi connectivity index (χ0v) is 16.9. The van der Waals surface area contributed by atoms with Crippen molar-refractivity contribution < 1.29 is 9.53 Å². The van der Waals surface area contributed by atoms with E-state index >= 15 is 0 Å². The molecule has 0 radical (unpaired) electrons. The molecule has 0 atom stereocenters. The molecule has 2 aromatic heterocycles. The molecule has 1 aliphatic heterocycles. The lowest BCUT2D eigenvalue weighted by Crippen LogP contribution is -2.36. The van der Waals surface area contributed by atoms with Crippen LogP contribution in [0.15, 0.2) is 30.5 Å². The number of carbonyl (C=O) groups is 1. The average molecular weight is 378 g/mol. The van der Waals surface area contributed by atoms with Crippen LogP contribution in [0.4, 0.5) is 5.69 Å². The Morgan fingerprint density at radius 2 is 2.04 bits per heavy atom. The van der Waals surface area contributed by atoms with Gasteiger partial charge in [-0.1, -0.05) is 19.8 Å². The number of ether oxygens (including phenoxy) is 1. The highest BCUT2D eigenvalue weighted by molar-refractivity contribution is 6.09. The molecule has 0 unspecified atom stereocenters. The molecule has 0 bridgehead atoms. The van der Waals surface area contributed by atoms with Gasteiger partial charge < -0.3 is 14.6 Å². The first-order chi connectivity index (χ1) is 13.5. The third kappa shape index (κ3) is 2.93. The summed E-state index contributed by atoms with van der Waals surface area (Å²) in [5.41, 5.74) is 4.21. The number of pyridine rings is 1. The number of hydrogen-bond donors (Lipinski definition) is 1. The number of hydrogen-bond acceptors (Lipinski definition) is 4. The highest BCUT2D eigenvalue weighted by Gasteiger charge is 2.43. The Morgan fingerprint density at radius 1 is 1.21 bits per heavy atom. The molecule has 146 valence electrons. The van der Waals surface area contributed by atoms with Crippen molar-refractivity contribution in [3.8, 4) is 17.3 Å². The third-order valence-electron chi connectivity index (χ3n) is 5.55. The molecule has 4 rings (SSSR count). The molecule has 6 heteroatoms. The number of nitrogens with one attached hydrogen (secondary N) is 1. The van der Waals surface area contributed by atoms with Crippen LogP contribution in [0.1, 0.15) is 45.6 Å². The molecule has 0 spiro atoms. The number of imidazole rings is 1. The van der Waals surface area contributed by atoms with Gasteiger partial charge in [0.15, 0.2) is 0 Å². The average Bonchev–Trinajstić information content (AvgIpc) is 3.19. The fraction of sp³-hybridized carbons (Fsp3) is 0.409. The quantitative estimate of drug-likeness (QED) is 0.644. The van der Waals surface area contributed by atoms with Crippen LogP contribution in [0.3, 0.4) is 0 Å². The SMILES string of the molecule is CCCCCN1C(=O)C(C)(C)c2cc3[nH]c(-c4ccc(OC)nc4)nc3cc21. The molecule has 0 aliphatic carbocycles. The summed E-state index contributed by atoms with van der Waals surface area (Å²) in [4.78, 5) is 27.3. The largest absolute Gasteiger partial charge is 0.481 e. The second-order valence-corrected chi connectivity index (χ2v) is 7.85. The third-order valence-corrected chi connectivity index (χ3v) is 5.55. The Balaban J connectivity index is 1.75. The van der Waals surface area contributed by atoms with E-state index in [2.05, 4.69) is 23.0 Å². The Hall–Kier alpha value is -2.89. The van der Waals surface area contributed by atoms with Crippen molar-refractivity contribution in [3.63, 3.8) is 0 Å². The van der Waals surface area contributed by atoms with E-state index < -0.39 is 5.41 Å². The molecule has 28 heavy (non-hydrogen) atoms. The Labute approximate surface area is 164 Å². The van der Waals surface area contributed by atoms with Gasteiger partial charge >= 0.3 is 0 Å². The van der Waals surface area contributed by atoms with E-state index in [1.807, 2.05) is 36.9 Å². The van der Waals surface area contributed by atoms with Gasteiger partial charge in [-0.25, -0.2) is 9.97 Å². The zero-order valence-electron chi connectivity index (χ0n) is 16.9. The Bertz CT molecular complexity index is 1020. The molecule has 1 amide bonds. The van der Waals surface area contributed by atoms with Gasteiger partial charge in [-0.15, -0.1) is 0 Å². The summed E-state index contributed by atoms with van der Waals surface area (Å²) < 4.78 is 5.12. The fourth-order valence-corrected chi connectivity index (χ4v) is 3.85. The van der Waals surface area contributed by atoms with Crippen LogP contribution in [0, 0.1) is 0 Å². The van der Waals surface area contributed by atoms with Crippen molar-refractivity contribution in [2.75, 3.05) is 18.6 Å². The van der Waals surface area contributed by atoms with Gasteiger partial charge in [0, 0.05) is 24.4 Å². The normalized spacial score (nSPS) is 15.3. The Kier molecular flexibility index (Phi) is 4.57. The van der Waals surface area contributed by atoms with Gasteiger partial charge in [0.1, 0.15) is 5.82 Å². The van der Waals surface area contributed by atoms with E-state index in [4.69, 9.17) is 9.72 Å². The number of benzene rings is 1. The number of nitrogens with zero attached hydrogens (tertiary/aromatic N) is 3. The van der Waals surface area contributed by atoms with Crippen molar-refractivity contribution in [1.29, 1.82) is 0 Å². The maximum atomic E-state index is 13.0. The zero-order chi connectivity index (χ0) is 19.9. The van der Waals surface area contributed by atoms with Crippen LogP contribution < -0.4 is 9.64 Å². The lowest BCUT2D eigenvalue weighted by Gasteiger charge is -2.20. The monoisotopic (exact) mass is 378 g/mol. The van der Waals surface area contributed by atoms with E-state index in [9.17, 15) is 4.79 Å². The summed E-state index contributed by atoms with van der Waals surface area (Å²) in [6.45, 7) is 6.94. The number of rotatable bonds is 6. The predicted molar refractivity (Wildman–Crippen MR) is 111 cm³/mol. The number of fused-ring (bicyclic) bond motifs is 2. The summed E-state index contributed by atoms with van der Waals surface area (Å²) in [6, 6.07) is 7.87. The maximum Gasteiger partial charge on any atom is 0.237 e. The molecule has 3 heterocycles. The van der Waals surface area contributed by atoms with Crippen molar-refractivity contribution in [3.05, 3.63) is 36.0 Å². The number of aromatic amines is 1. The van der Waals surface area contributed by atoms with Crippen molar-refractivity contribution >= 4 is 22.6 Å². The number of anilines is 1. The highest BCUT2D eigenvalue weighted by Crippen LogP contribution is 2.43. The van der Waals surface area contributed by atoms with Crippen LogP contribution in [-0.4, -0.2) is 34.5 Å². The first-order valence-electron chi connectivity index (χ1n) is 9.82. The standard InChI is InChI=1S/C22H26N4O2/c1-5-6-7-10-26-18-12-17-16(11-15(18)22(2,3)21(26)27)24-20(25-17)14-8-9-19(28-4)23-13-14/h8-9,11-13H,5-7,10H2,1-4H3,(H,24,25). The molecule has 1 N–H and O–H groups in total. The number of amides is 1. The van der Waals surface area contributed by atoms with Crippen LogP contribution in [0.5, 0.6) is 5.88 Å². The summed E-state index contributed by atoms with van der Waals surface area (Å²) in [6.07, 6.45) is 5.02. The summed E-state index contributed by atoms with van der Waals surface area (Å²) in [5.74, 6) is 1.50. The molecule has 0 saturated carbocycles. The van der Waals surface area contributed by atoms with Crippen LogP contribution in [-0.2, 0) is 10.2 Å². The van der Waals surface area contributed by atoms with E-state index in [1.165, 1.54) is 0 Å².